The van der Waals surface area contributed by atoms with Crippen molar-refractivity contribution in [2.75, 3.05) is 11.4 Å². The molecule has 174 valence electrons. The van der Waals surface area contributed by atoms with Crippen molar-refractivity contribution in [1.29, 1.82) is 0 Å². The quantitative estimate of drug-likeness (QED) is 0.666. The number of rotatable bonds is 4. The first kappa shape index (κ1) is 22.1. The van der Waals surface area contributed by atoms with Gasteiger partial charge in [-0.1, -0.05) is 25.4 Å². The molecule has 1 amide bonds. The van der Waals surface area contributed by atoms with E-state index in [9.17, 15) is 14.0 Å². The lowest BCUT2D eigenvalue weighted by atomic mass is 9.88. The second-order valence-corrected chi connectivity index (χ2v) is 10.6. The zero-order valence-corrected chi connectivity index (χ0v) is 19.5. The van der Waals surface area contributed by atoms with E-state index < -0.39 is 11.8 Å². The summed E-state index contributed by atoms with van der Waals surface area (Å²) in [5.41, 5.74) is 2.47. The van der Waals surface area contributed by atoms with Crippen LogP contribution < -0.4 is 4.90 Å². The molecule has 5 rings (SSSR count). The fourth-order valence-corrected chi connectivity index (χ4v) is 6.01. The fourth-order valence-electron chi connectivity index (χ4n) is 5.89. The summed E-state index contributed by atoms with van der Waals surface area (Å²) in [5.74, 6) is -1.19. The maximum Gasteiger partial charge on any atom is 0.303 e. The Kier molecular flexibility index (Phi) is 5.35. The Morgan fingerprint density at radius 2 is 1.88 bits per heavy atom. The van der Waals surface area contributed by atoms with Crippen LogP contribution in [0.15, 0.2) is 30.3 Å². The highest BCUT2D eigenvalue weighted by Gasteiger charge is 2.45. The van der Waals surface area contributed by atoms with Gasteiger partial charge in [-0.3, -0.25) is 9.59 Å². The number of carboxylic acid groups (broad SMARTS) is 1. The Balaban J connectivity index is 1.42. The van der Waals surface area contributed by atoms with Crippen LogP contribution >= 0.6 is 11.6 Å². The molecule has 2 fully saturated rings. The van der Waals surface area contributed by atoms with Gasteiger partial charge in [0, 0.05) is 36.2 Å². The number of aliphatic carboxylic acids is 1. The summed E-state index contributed by atoms with van der Waals surface area (Å²) in [6, 6.07) is 8.57. The number of hydrogen-bond acceptors (Lipinski definition) is 4. The average molecular weight is 472 g/mol. The number of carboxylic acids is 1. The van der Waals surface area contributed by atoms with Gasteiger partial charge in [-0.15, -0.1) is 0 Å². The van der Waals surface area contributed by atoms with Crippen molar-refractivity contribution < 1.29 is 19.1 Å². The molecular weight excluding hydrogens is 445 g/mol. The lowest BCUT2D eigenvalue weighted by Crippen LogP contribution is -2.47. The highest BCUT2D eigenvalue weighted by molar-refractivity contribution is 6.30. The van der Waals surface area contributed by atoms with Crippen LogP contribution in [0.2, 0.25) is 5.02 Å². The molecule has 4 heterocycles. The summed E-state index contributed by atoms with van der Waals surface area (Å²) in [4.78, 5) is 33.4. The minimum atomic E-state index is -0.771. The molecule has 0 saturated carbocycles. The van der Waals surface area contributed by atoms with Crippen LogP contribution in [0.3, 0.4) is 0 Å². The van der Waals surface area contributed by atoms with Crippen LogP contribution in [0.5, 0.6) is 0 Å². The van der Waals surface area contributed by atoms with Crippen molar-refractivity contribution in [2.24, 2.45) is 5.92 Å². The number of carbonyl (C=O) groups is 2. The van der Waals surface area contributed by atoms with Gasteiger partial charge in [-0.05, 0) is 61.9 Å². The first-order chi connectivity index (χ1) is 15.6. The van der Waals surface area contributed by atoms with Crippen molar-refractivity contribution in [3.63, 3.8) is 0 Å². The fraction of sp³-hybridized carbons (Fsp3) is 0.480. The number of nitrogens with zero attached hydrogens (tertiary/aromatic N) is 3. The molecule has 3 atom stereocenters. The molecule has 0 spiro atoms. The summed E-state index contributed by atoms with van der Waals surface area (Å²) in [6.07, 6.45) is 3.47. The van der Waals surface area contributed by atoms with E-state index in [0.717, 1.165) is 37.1 Å². The molecule has 0 radical (unpaired) electrons. The number of fused-ring (bicyclic) bond motifs is 3. The number of aromatic nitrogens is 1. The topological polar surface area (TPSA) is 73.7 Å². The second-order valence-electron chi connectivity index (χ2n) is 10.2. The van der Waals surface area contributed by atoms with E-state index in [4.69, 9.17) is 21.7 Å². The SMILES string of the molecule is CC1(C)CN(c2ccc(Cl)c(F)c2)c2ccc(C(=O)N3[C@@H]4CC[C@H]3CC(CC(=O)O)C4)nc21. The number of benzene rings is 1. The molecule has 1 aromatic carbocycles. The number of pyridine rings is 1. The molecule has 1 unspecified atom stereocenters. The van der Waals surface area contributed by atoms with Crippen LogP contribution in [0.1, 0.15) is 62.1 Å². The molecule has 0 aliphatic carbocycles. The van der Waals surface area contributed by atoms with Crippen molar-refractivity contribution in [3.8, 4) is 0 Å². The minimum absolute atomic E-state index is 0.0779. The largest absolute Gasteiger partial charge is 0.481 e. The van der Waals surface area contributed by atoms with Crippen LogP contribution in [0, 0.1) is 11.7 Å². The summed E-state index contributed by atoms with van der Waals surface area (Å²) in [6.45, 7) is 4.75. The third kappa shape index (κ3) is 3.86. The Morgan fingerprint density at radius 1 is 1.18 bits per heavy atom. The van der Waals surface area contributed by atoms with E-state index in [1.807, 2.05) is 15.9 Å². The number of carbonyl (C=O) groups excluding carboxylic acids is 1. The standard InChI is InChI=1S/C25H27ClFN3O3/c1-25(2)13-29(15-5-6-18(26)19(27)12-15)21-8-7-20(28-23(21)25)24(33)30-16-3-4-17(30)10-14(9-16)11-22(31)32/h5-8,12,14,16-17H,3-4,9-11,13H2,1-2H3,(H,31,32)/t14?,16-,17+. The van der Waals surface area contributed by atoms with Gasteiger partial charge in [0.05, 0.1) is 16.4 Å². The smallest absolute Gasteiger partial charge is 0.303 e. The maximum atomic E-state index is 14.1. The molecule has 3 aliphatic heterocycles. The zero-order chi connectivity index (χ0) is 23.5. The summed E-state index contributed by atoms with van der Waals surface area (Å²) < 4.78 is 14.1. The van der Waals surface area contributed by atoms with E-state index in [2.05, 4.69) is 13.8 Å². The summed E-state index contributed by atoms with van der Waals surface area (Å²) in [7, 11) is 0. The van der Waals surface area contributed by atoms with E-state index in [1.54, 1.807) is 18.2 Å². The molecule has 33 heavy (non-hydrogen) atoms. The van der Waals surface area contributed by atoms with Crippen LogP contribution in [-0.2, 0) is 10.2 Å². The summed E-state index contributed by atoms with van der Waals surface area (Å²) >= 11 is 5.86. The van der Waals surface area contributed by atoms with E-state index in [1.165, 1.54) is 6.07 Å². The third-order valence-electron chi connectivity index (χ3n) is 7.32. The van der Waals surface area contributed by atoms with E-state index in [-0.39, 0.29) is 40.8 Å². The maximum absolute atomic E-state index is 14.1. The number of amides is 1. The molecule has 8 heteroatoms. The van der Waals surface area contributed by atoms with Crippen LogP contribution in [0.4, 0.5) is 15.8 Å². The van der Waals surface area contributed by atoms with Crippen molar-refractivity contribution in [2.45, 2.75) is 63.5 Å². The third-order valence-corrected chi connectivity index (χ3v) is 7.63. The number of halogens is 2. The molecule has 1 N–H and O–H groups in total. The van der Waals surface area contributed by atoms with Crippen LogP contribution in [0.25, 0.3) is 0 Å². The predicted molar refractivity (Wildman–Crippen MR) is 124 cm³/mol. The Labute approximate surface area is 197 Å². The van der Waals surface area contributed by atoms with Crippen molar-refractivity contribution in [3.05, 3.63) is 52.6 Å². The first-order valence-corrected chi connectivity index (χ1v) is 11.8. The van der Waals surface area contributed by atoms with Gasteiger partial charge in [0.1, 0.15) is 11.5 Å². The van der Waals surface area contributed by atoms with Crippen molar-refractivity contribution >= 4 is 34.9 Å². The molecule has 6 nitrogen and oxygen atoms in total. The Bertz CT molecular complexity index is 1120. The molecule has 2 saturated heterocycles. The Morgan fingerprint density at radius 3 is 2.52 bits per heavy atom. The monoisotopic (exact) mass is 471 g/mol. The van der Waals surface area contributed by atoms with Gasteiger partial charge in [0.2, 0.25) is 0 Å². The highest BCUT2D eigenvalue weighted by Crippen LogP contribution is 2.45. The molecule has 2 aromatic rings. The zero-order valence-electron chi connectivity index (χ0n) is 18.7. The number of piperidine rings is 1. The lowest BCUT2D eigenvalue weighted by molar-refractivity contribution is -0.138. The summed E-state index contributed by atoms with van der Waals surface area (Å²) in [5, 5.41) is 9.24. The molecule has 3 aliphatic rings. The first-order valence-electron chi connectivity index (χ1n) is 11.4. The number of anilines is 2. The minimum Gasteiger partial charge on any atom is -0.481 e. The highest BCUT2D eigenvalue weighted by atomic mass is 35.5. The van der Waals surface area contributed by atoms with Gasteiger partial charge >= 0.3 is 5.97 Å². The van der Waals surface area contributed by atoms with Crippen LogP contribution in [-0.4, -0.2) is 45.5 Å². The predicted octanol–water partition coefficient (Wildman–Crippen LogP) is 5.16. The molecule has 1 aromatic heterocycles. The van der Waals surface area contributed by atoms with Crippen molar-refractivity contribution in [1.82, 2.24) is 9.88 Å². The number of hydrogen-bond donors (Lipinski definition) is 1. The molecule has 2 bridgehead atoms. The second kappa shape index (κ2) is 7.97. The van der Waals surface area contributed by atoms with Gasteiger partial charge in [-0.2, -0.15) is 0 Å². The van der Waals surface area contributed by atoms with Gasteiger partial charge in [0.25, 0.3) is 5.91 Å². The Hall–Kier alpha value is -2.67. The molecular formula is C25H27ClFN3O3. The van der Waals surface area contributed by atoms with Gasteiger partial charge < -0.3 is 14.9 Å². The van der Waals surface area contributed by atoms with Gasteiger partial charge in [-0.25, -0.2) is 9.37 Å². The van der Waals surface area contributed by atoms with Gasteiger partial charge in [0.15, 0.2) is 0 Å². The average Bonchev–Trinajstić information content (AvgIpc) is 3.18. The lowest BCUT2D eigenvalue weighted by Gasteiger charge is -2.38. The van der Waals surface area contributed by atoms with E-state index >= 15 is 0 Å². The normalized spacial score (nSPS) is 25.3. The van der Waals surface area contributed by atoms with E-state index in [0.29, 0.717) is 17.9 Å².